The maximum Gasteiger partial charge on any atom is 0.258 e. The number of aryl methyl sites for hydroxylation is 1. The number of halogens is 1. The zero-order valence-electron chi connectivity index (χ0n) is 12.9. The maximum atomic E-state index is 14.0. The first-order valence-corrected chi connectivity index (χ1v) is 7.62. The molecule has 0 saturated carbocycles. The van der Waals surface area contributed by atoms with Gasteiger partial charge in [-0.1, -0.05) is 12.1 Å². The Balaban J connectivity index is 1.88. The van der Waals surface area contributed by atoms with Crippen LogP contribution in [0, 0.1) is 5.82 Å². The fourth-order valence-electron chi connectivity index (χ4n) is 3.11. The number of carbonyl (C=O) groups is 1. The van der Waals surface area contributed by atoms with Crippen molar-refractivity contribution < 1.29 is 13.9 Å². The van der Waals surface area contributed by atoms with Crippen LogP contribution in [0.25, 0.3) is 0 Å². The molecule has 1 aliphatic rings. The van der Waals surface area contributed by atoms with Crippen LogP contribution in [-0.2, 0) is 6.42 Å². The largest absolute Gasteiger partial charge is 0.496 e. The summed E-state index contributed by atoms with van der Waals surface area (Å²) in [4.78, 5) is 12.5. The van der Waals surface area contributed by atoms with Crippen molar-refractivity contribution in [3.63, 3.8) is 0 Å². The van der Waals surface area contributed by atoms with Crippen molar-refractivity contribution in [2.75, 3.05) is 12.8 Å². The number of ether oxygens (including phenoxy) is 1. The van der Waals surface area contributed by atoms with Crippen LogP contribution in [0.2, 0.25) is 0 Å². The first-order chi connectivity index (χ1) is 11.1. The van der Waals surface area contributed by atoms with E-state index in [4.69, 9.17) is 10.5 Å². The van der Waals surface area contributed by atoms with Gasteiger partial charge in [-0.2, -0.15) is 0 Å². The molecule has 120 valence electrons. The molecule has 3 rings (SSSR count). The van der Waals surface area contributed by atoms with Crippen molar-refractivity contribution in [3.8, 4) is 5.75 Å². The molecule has 3 N–H and O–H groups in total. The highest BCUT2D eigenvalue weighted by Crippen LogP contribution is 2.32. The first kappa shape index (κ1) is 15.3. The molecule has 1 aliphatic carbocycles. The maximum absolute atomic E-state index is 14.0. The zero-order valence-corrected chi connectivity index (χ0v) is 12.9. The molecule has 0 aromatic heterocycles. The fourth-order valence-corrected chi connectivity index (χ4v) is 3.11. The number of nitrogen functional groups attached to an aromatic ring is 1. The van der Waals surface area contributed by atoms with E-state index < -0.39 is 11.7 Å². The molecule has 2 aromatic rings. The van der Waals surface area contributed by atoms with Gasteiger partial charge in [0.05, 0.1) is 13.2 Å². The third-order valence-electron chi connectivity index (χ3n) is 4.21. The molecule has 23 heavy (non-hydrogen) atoms. The number of amides is 1. The van der Waals surface area contributed by atoms with Gasteiger partial charge >= 0.3 is 0 Å². The Morgan fingerprint density at radius 1 is 1.35 bits per heavy atom. The van der Waals surface area contributed by atoms with Gasteiger partial charge in [0.1, 0.15) is 17.1 Å². The molecule has 0 saturated heterocycles. The van der Waals surface area contributed by atoms with Gasteiger partial charge in [0, 0.05) is 5.69 Å². The molecular formula is C18H19FN2O2. The third kappa shape index (κ3) is 2.99. The molecule has 4 nitrogen and oxygen atoms in total. The van der Waals surface area contributed by atoms with Gasteiger partial charge in [0.15, 0.2) is 0 Å². The van der Waals surface area contributed by atoms with Crippen molar-refractivity contribution in [1.82, 2.24) is 5.32 Å². The Bertz CT molecular complexity index is 746. The lowest BCUT2D eigenvalue weighted by Gasteiger charge is -2.27. The van der Waals surface area contributed by atoms with Gasteiger partial charge in [-0.15, -0.1) is 0 Å². The van der Waals surface area contributed by atoms with Crippen molar-refractivity contribution in [2.45, 2.75) is 25.3 Å². The molecule has 0 bridgehead atoms. The smallest absolute Gasteiger partial charge is 0.258 e. The number of hydrogen-bond donors (Lipinski definition) is 2. The van der Waals surface area contributed by atoms with E-state index in [1.54, 1.807) is 6.07 Å². The van der Waals surface area contributed by atoms with E-state index >= 15 is 0 Å². The van der Waals surface area contributed by atoms with Gasteiger partial charge in [0.2, 0.25) is 0 Å². The average Bonchev–Trinajstić information content (AvgIpc) is 2.54. The normalized spacial score (nSPS) is 16.5. The Labute approximate surface area is 134 Å². The molecule has 0 radical (unpaired) electrons. The molecule has 0 heterocycles. The summed E-state index contributed by atoms with van der Waals surface area (Å²) in [6.07, 6.45) is 2.71. The van der Waals surface area contributed by atoms with E-state index in [1.807, 2.05) is 18.2 Å². The van der Waals surface area contributed by atoms with Crippen molar-refractivity contribution in [3.05, 3.63) is 58.9 Å². The van der Waals surface area contributed by atoms with Crippen LogP contribution < -0.4 is 15.8 Å². The summed E-state index contributed by atoms with van der Waals surface area (Å²) in [6, 6.07) is 9.91. The number of fused-ring (bicyclic) bond motifs is 1. The monoisotopic (exact) mass is 314 g/mol. The highest BCUT2D eigenvalue weighted by Gasteiger charge is 2.25. The summed E-state index contributed by atoms with van der Waals surface area (Å²) >= 11 is 0. The van der Waals surface area contributed by atoms with Crippen LogP contribution in [0.3, 0.4) is 0 Å². The summed E-state index contributed by atoms with van der Waals surface area (Å²) in [5.41, 5.74) is 8.67. The highest BCUT2D eigenvalue weighted by atomic mass is 19.1. The lowest BCUT2D eigenvalue weighted by Crippen LogP contribution is -2.31. The minimum atomic E-state index is -0.588. The number of rotatable bonds is 3. The van der Waals surface area contributed by atoms with Gasteiger partial charge < -0.3 is 15.8 Å². The number of nitrogens with two attached hydrogens (primary N) is 1. The van der Waals surface area contributed by atoms with Gasteiger partial charge in [-0.25, -0.2) is 4.39 Å². The number of anilines is 1. The number of hydrogen-bond acceptors (Lipinski definition) is 3. The predicted molar refractivity (Wildman–Crippen MR) is 87.0 cm³/mol. The van der Waals surface area contributed by atoms with E-state index in [-0.39, 0.29) is 17.4 Å². The number of carbonyl (C=O) groups excluding carboxylic acids is 1. The van der Waals surface area contributed by atoms with Crippen molar-refractivity contribution in [1.29, 1.82) is 0 Å². The van der Waals surface area contributed by atoms with E-state index in [0.29, 0.717) is 5.69 Å². The molecular weight excluding hydrogens is 295 g/mol. The van der Waals surface area contributed by atoms with Crippen LogP contribution in [-0.4, -0.2) is 13.0 Å². The summed E-state index contributed by atoms with van der Waals surface area (Å²) in [6.45, 7) is 0. The van der Waals surface area contributed by atoms with Crippen molar-refractivity contribution in [2.24, 2.45) is 0 Å². The van der Waals surface area contributed by atoms with E-state index in [1.165, 1.54) is 19.2 Å². The zero-order chi connectivity index (χ0) is 16.4. The highest BCUT2D eigenvalue weighted by molar-refractivity contribution is 5.97. The van der Waals surface area contributed by atoms with Crippen LogP contribution in [0.5, 0.6) is 5.75 Å². The Morgan fingerprint density at radius 3 is 2.96 bits per heavy atom. The van der Waals surface area contributed by atoms with Crippen LogP contribution in [0.4, 0.5) is 10.1 Å². The van der Waals surface area contributed by atoms with E-state index in [9.17, 15) is 9.18 Å². The quantitative estimate of drug-likeness (QED) is 0.855. The van der Waals surface area contributed by atoms with Crippen molar-refractivity contribution >= 4 is 11.6 Å². The minimum absolute atomic E-state index is 0.0578. The van der Waals surface area contributed by atoms with E-state index in [0.717, 1.165) is 30.4 Å². The Hall–Kier alpha value is -2.56. The number of benzene rings is 2. The molecule has 1 unspecified atom stereocenters. The molecule has 1 amide bonds. The molecule has 0 spiro atoms. The summed E-state index contributed by atoms with van der Waals surface area (Å²) in [5, 5.41) is 2.93. The predicted octanol–water partition coefficient (Wildman–Crippen LogP) is 3.22. The summed E-state index contributed by atoms with van der Waals surface area (Å²) < 4.78 is 19.1. The molecule has 2 aromatic carbocycles. The average molecular weight is 314 g/mol. The number of nitrogens with one attached hydrogen (secondary N) is 1. The number of methoxy groups -OCH3 is 1. The van der Waals surface area contributed by atoms with Crippen LogP contribution in [0.1, 0.15) is 40.4 Å². The van der Waals surface area contributed by atoms with Gasteiger partial charge in [-0.05, 0) is 54.7 Å². The van der Waals surface area contributed by atoms with Gasteiger partial charge in [0.25, 0.3) is 5.91 Å². The second-order valence-corrected chi connectivity index (χ2v) is 5.69. The molecule has 0 fully saturated rings. The minimum Gasteiger partial charge on any atom is -0.496 e. The Kier molecular flexibility index (Phi) is 4.19. The van der Waals surface area contributed by atoms with E-state index in [2.05, 4.69) is 5.32 Å². The third-order valence-corrected chi connectivity index (χ3v) is 4.21. The Morgan fingerprint density at radius 2 is 2.17 bits per heavy atom. The van der Waals surface area contributed by atoms with Crippen LogP contribution in [0.15, 0.2) is 36.4 Å². The summed E-state index contributed by atoms with van der Waals surface area (Å²) in [7, 11) is 1.42. The van der Waals surface area contributed by atoms with Crippen LogP contribution >= 0.6 is 0 Å². The first-order valence-electron chi connectivity index (χ1n) is 7.62. The molecule has 5 heteroatoms. The second kappa shape index (κ2) is 6.28. The second-order valence-electron chi connectivity index (χ2n) is 5.69. The standard InChI is InChI=1S/C18H19FN2O2/c1-23-16-7-3-5-14(19)17(16)18(22)21-15-6-2-4-11-10-12(20)8-9-13(11)15/h3,5,7-10,15H,2,4,6,20H2,1H3,(H,21,22). The topological polar surface area (TPSA) is 64.3 Å². The molecule has 0 aliphatic heterocycles. The van der Waals surface area contributed by atoms with Gasteiger partial charge in [-0.3, -0.25) is 4.79 Å². The SMILES string of the molecule is COc1cccc(F)c1C(=O)NC1CCCc2cc(N)ccc21. The lowest BCUT2D eigenvalue weighted by atomic mass is 9.87. The molecule has 1 atom stereocenters. The lowest BCUT2D eigenvalue weighted by molar-refractivity contribution is 0.0925. The summed E-state index contributed by atoms with van der Waals surface area (Å²) in [5.74, 6) is -0.819. The fraction of sp³-hybridized carbons (Fsp3) is 0.278.